The van der Waals surface area contributed by atoms with Crippen LogP contribution in [0.5, 0.6) is 0 Å². The van der Waals surface area contributed by atoms with E-state index in [0.29, 0.717) is 6.08 Å². The van der Waals surface area contributed by atoms with Gasteiger partial charge < -0.3 is 9.84 Å². The van der Waals surface area contributed by atoms with Gasteiger partial charge in [-0.05, 0) is 11.8 Å². The third-order valence-electron chi connectivity index (χ3n) is 5.42. The van der Waals surface area contributed by atoms with Crippen LogP contribution in [0.4, 0.5) is 30.7 Å². The lowest BCUT2D eigenvalue weighted by Gasteiger charge is -2.18. The Kier molecular flexibility index (Phi) is 5.59. The van der Waals surface area contributed by atoms with Gasteiger partial charge in [-0.3, -0.25) is 4.79 Å². The summed E-state index contributed by atoms with van der Waals surface area (Å²) >= 11 is 0. The maximum atomic E-state index is 14.4. The normalized spacial score (nSPS) is 24.0. The molecule has 0 amide bonds. The number of alkyl halides is 3. The Morgan fingerprint density at radius 1 is 1.07 bits per heavy atom. The van der Waals surface area contributed by atoms with Crippen molar-refractivity contribution in [3.63, 3.8) is 0 Å². The van der Waals surface area contributed by atoms with Crippen molar-refractivity contribution in [1.29, 1.82) is 0 Å². The van der Waals surface area contributed by atoms with Crippen LogP contribution in [0.2, 0.25) is 0 Å². The van der Waals surface area contributed by atoms with Crippen LogP contribution in [0.15, 0.2) is 12.2 Å². The van der Waals surface area contributed by atoms with Crippen LogP contribution in [0.25, 0.3) is 0 Å². The van der Waals surface area contributed by atoms with Gasteiger partial charge in [-0.15, -0.1) is 0 Å². The average molecular weight is 414 g/mol. The highest BCUT2D eigenvalue weighted by Gasteiger charge is 2.74. The molecule has 3 nitrogen and oxygen atoms in total. The molecule has 0 aliphatic heterocycles. The van der Waals surface area contributed by atoms with Gasteiger partial charge in [0.05, 0.1) is 17.6 Å². The van der Waals surface area contributed by atoms with E-state index in [9.17, 15) is 40.6 Å². The Morgan fingerprint density at radius 3 is 1.93 bits per heavy atom. The first-order valence-electron chi connectivity index (χ1n) is 8.04. The molecule has 2 rings (SSSR count). The van der Waals surface area contributed by atoms with Crippen molar-refractivity contribution in [2.24, 2.45) is 16.7 Å². The molecular weight excluding hydrogens is 397 g/mol. The van der Waals surface area contributed by atoms with Crippen LogP contribution in [-0.4, -0.2) is 24.4 Å². The predicted molar refractivity (Wildman–Crippen MR) is 83.2 cm³/mol. The predicted octanol–water partition coefficient (Wildman–Crippen LogP) is 4.78. The molecule has 156 valence electrons. The minimum atomic E-state index is -4.72. The van der Waals surface area contributed by atoms with E-state index < -0.39 is 76.3 Å². The second kappa shape index (κ2) is 7.06. The molecule has 0 spiro atoms. The fourth-order valence-electron chi connectivity index (χ4n) is 3.76. The largest absolute Gasteiger partial charge is 0.481 e. The molecule has 0 heterocycles. The summed E-state index contributed by atoms with van der Waals surface area (Å²) in [4.78, 5) is 11.8. The van der Waals surface area contributed by atoms with Gasteiger partial charge in [-0.25, -0.2) is 17.6 Å². The third kappa shape index (κ3) is 3.38. The molecule has 0 saturated heterocycles. The molecular formula is C18H17F7O3. The van der Waals surface area contributed by atoms with Gasteiger partial charge in [0, 0.05) is 24.7 Å². The number of aliphatic carboxylic acids is 1. The lowest BCUT2D eigenvalue weighted by molar-refractivity contribution is -0.145. The van der Waals surface area contributed by atoms with E-state index >= 15 is 0 Å². The molecule has 1 N–H and O–H groups in total. The third-order valence-corrected chi connectivity index (χ3v) is 5.42. The highest BCUT2D eigenvalue weighted by Crippen LogP contribution is 2.71. The Balaban J connectivity index is 2.56. The zero-order valence-electron chi connectivity index (χ0n) is 15.1. The van der Waals surface area contributed by atoms with Gasteiger partial charge in [-0.2, -0.15) is 13.2 Å². The van der Waals surface area contributed by atoms with Gasteiger partial charge >= 0.3 is 12.1 Å². The van der Waals surface area contributed by atoms with Crippen LogP contribution >= 0.6 is 0 Å². The highest BCUT2D eigenvalue weighted by molar-refractivity contribution is 5.82. The smallest absolute Gasteiger partial charge is 0.409 e. The average Bonchev–Trinajstić information content (AvgIpc) is 3.06. The maximum absolute atomic E-state index is 14.4. The minimum absolute atomic E-state index is 0.167. The quantitative estimate of drug-likeness (QED) is 0.414. The monoisotopic (exact) mass is 414 g/mol. The minimum Gasteiger partial charge on any atom is -0.481 e. The lowest BCUT2D eigenvalue weighted by atomic mass is 9.87. The molecule has 1 aromatic rings. The Bertz CT molecular complexity index is 800. The number of benzene rings is 1. The van der Waals surface area contributed by atoms with E-state index in [4.69, 9.17) is 0 Å². The topological polar surface area (TPSA) is 46.5 Å². The number of allylic oxidation sites excluding steroid dienone is 2. The first kappa shape index (κ1) is 22.2. The molecule has 0 bridgehead atoms. The number of methoxy groups -OCH3 is 1. The number of hydrogen-bond donors (Lipinski definition) is 1. The molecule has 28 heavy (non-hydrogen) atoms. The summed E-state index contributed by atoms with van der Waals surface area (Å²) in [5, 5.41) is 9.59. The van der Waals surface area contributed by atoms with E-state index in [2.05, 4.69) is 4.74 Å². The zero-order chi connectivity index (χ0) is 21.7. The fraction of sp³-hybridized carbons (Fsp3) is 0.500. The summed E-state index contributed by atoms with van der Waals surface area (Å²) in [6.07, 6.45) is -5.32. The van der Waals surface area contributed by atoms with Gasteiger partial charge in [0.1, 0.15) is 0 Å². The number of halogens is 7. The van der Waals surface area contributed by atoms with Crippen molar-refractivity contribution in [2.75, 3.05) is 7.11 Å². The lowest BCUT2D eigenvalue weighted by Crippen LogP contribution is -2.26. The Labute approximate surface area is 155 Å². The number of carboxylic acid groups (broad SMARTS) is 1. The van der Waals surface area contributed by atoms with E-state index in [1.165, 1.54) is 13.8 Å². The molecule has 1 aliphatic rings. The molecule has 1 aliphatic carbocycles. The van der Waals surface area contributed by atoms with Crippen molar-refractivity contribution in [3.8, 4) is 0 Å². The summed E-state index contributed by atoms with van der Waals surface area (Å²) in [5.74, 6) is -9.97. The summed E-state index contributed by atoms with van der Waals surface area (Å²) in [6.45, 7) is 1.83. The zero-order valence-corrected chi connectivity index (χ0v) is 15.1. The highest BCUT2D eigenvalue weighted by atomic mass is 19.4. The second-order valence-corrected chi connectivity index (χ2v) is 7.20. The van der Waals surface area contributed by atoms with Crippen molar-refractivity contribution in [3.05, 3.63) is 46.5 Å². The standard InChI is InChI=1S/C18H17F7O3/c1-16(2)10(4-5-18(23,24)25)17(16,15(26)27)6-8-11(19)13(21)9(7-28-3)14(22)12(8)20/h4-5,10H,6-7H2,1-3H3,(H,26,27). The number of carboxylic acids is 1. The first-order chi connectivity index (χ1) is 12.7. The summed E-state index contributed by atoms with van der Waals surface area (Å²) in [7, 11) is 1.05. The van der Waals surface area contributed by atoms with Crippen LogP contribution in [0.3, 0.4) is 0 Å². The van der Waals surface area contributed by atoms with Gasteiger partial charge in [0.25, 0.3) is 0 Å². The molecule has 1 saturated carbocycles. The van der Waals surface area contributed by atoms with Crippen LogP contribution in [0, 0.1) is 40.0 Å². The molecule has 10 heteroatoms. The van der Waals surface area contributed by atoms with Gasteiger partial charge in [0.15, 0.2) is 23.3 Å². The van der Waals surface area contributed by atoms with Crippen LogP contribution < -0.4 is 0 Å². The van der Waals surface area contributed by atoms with E-state index in [0.717, 1.165) is 7.11 Å². The van der Waals surface area contributed by atoms with Crippen molar-refractivity contribution < 1.29 is 45.4 Å². The van der Waals surface area contributed by atoms with Crippen LogP contribution in [0.1, 0.15) is 25.0 Å². The second-order valence-electron chi connectivity index (χ2n) is 7.20. The van der Waals surface area contributed by atoms with E-state index in [-0.39, 0.29) is 6.08 Å². The molecule has 2 atom stereocenters. The van der Waals surface area contributed by atoms with Crippen LogP contribution in [-0.2, 0) is 22.6 Å². The molecule has 2 unspecified atom stereocenters. The molecule has 1 aromatic carbocycles. The Hall–Kier alpha value is -2.10. The first-order valence-corrected chi connectivity index (χ1v) is 8.04. The van der Waals surface area contributed by atoms with Gasteiger partial charge in [-0.1, -0.05) is 19.9 Å². The summed E-state index contributed by atoms with van der Waals surface area (Å²) < 4.78 is 98.8. The number of hydrogen-bond acceptors (Lipinski definition) is 2. The van der Waals surface area contributed by atoms with E-state index in [1.54, 1.807) is 0 Å². The summed E-state index contributed by atoms with van der Waals surface area (Å²) in [5.41, 5.74) is -5.60. The van der Waals surface area contributed by atoms with Crippen molar-refractivity contribution in [1.82, 2.24) is 0 Å². The SMILES string of the molecule is COCc1c(F)c(F)c(CC2(C(=O)O)C(C=CC(F)(F)F)C2(C)C)c(F)c1F. The summed E-state index contributed by atoms with van der Waals surface area (Å²) in [6, 6.07) is 0. The number of ether oxygens (including phenoxy) is 1. The van der Waals surface area contributed by atoms with E-state index in [1.807, 2.05) is 0 Å². The number of rotatable bonds is 6. The van der Waals surface area contributed by atoms with Crippen molar-refractivity contribution >= 4 is 5.97 Å². The fourth-order valence-corrected chi connectivity index (χ4v) is 3.76. The molecule has 1 fully saturated rings. The number of carbonyl (C=O) groups is 1. The van der Waals surface area contributed by atoms with Crippen molar-refractivity contribution in [2.45, 2.75) is 33.1 Å². The molecule has 0 radical (unpaired) electrons. The Morgan fingerprint density at radius 2 is 1.54 bits per heavy atom. The maximum Gasteiger partial charge on any atom is 0.409 e. The molecule has 0 aromatic heterocycles. The van der Waals surface area contributed by atoms with Gasteiger partial charge in [0.2, 0.25) is 0 Å².